The van der Waals surface area contributed by atoms with Crippen LogP contribution < -0.4 is 0 Å². The fourth-order valence-electron chi connectivity index (χ4n) is 1.05. The molecule has 68 valence electrons. The molecule has 0 N–H and O–H groups in total. The molecular formula is C9H8BrNOS. The normalized spacial score (nSPS) is 10.6. The minimum atomic E-state index is 0.888. The van der Waals surface area contributed by atoms with Crippen molar-refractivity contribution < 1.29 is 4.52 Å². The van der Waals surface area contributed by atoms with Gasteiger partial charge in [-0.05, 0) is 28.1 Å². The summed E-state index contributed by atoms with van der Waals surface area (Å²) in [5, 5.41) is 3.99. The van der Waals surface area contributed by atoms with Crippen LogP contribution in [0.5, 0.6) is 0 Å². The van der Waals surface area contributed by atoms with Crippen LogP contribution in [0.3, 0.4) is 0 Å². The molecule has 0 aliphatic carbocycles. The van der Waals surface area contributed by atoms with Crippen LogP contribution in [0.25, 0.3) is 10.6 Å². The lowest BCUT2D eigenvalue weighted by molar-refractivity contribution is 0.389. The van der Waals surface area contributed by atoms with Crippen molar-refractivity contribution in [2.24, 2.45) is 0 Å². The van der Waals surface area contributed by atoms with E-state index in [2.05, 4.69) is 28.0 Å². The van der Waals surface area contributed by atoms with Crippen LogP contribution in [0.1, 0.15) is 12.7 Å². The molecule has 0 atom stereocenters. The van der Waals surface area contributed by atoms with Crippen molar-refractivity contribution in [2.75, 3.05) is 0 Å². The first-order valence-electron chi connectivity index (χ1n) is 4.01. The molecule has 0 saturated heterocycles. The van der Waals surface area contributed by atoms with Crippen LogP contribution in [0.2, 0.25) is 0 Å². The summed E-state index contributed by atoms with van der Waals surface area (Å²) >= 11 is 5.07. The highest BCUT2D eigenvalue weighted by Gasteiger charge is 2.06. The van der Waals surface area contributed by atoms with Crippen molar-refractivity contribution in [2.45, 2.75) is 13.3 Å². The molecule has 13 heavy (non-hydrogen) atoms. The van der Waals surface area contributed by atoms with Gasteiger partial charge in [-0.1, -0.05) is 12.1 Å². The standard InChI is InChI=1S/C9H8BrNOS/c1-2-6-5-7(11-12-6)8-3-4-9(10)13-8/h3-5H,2H2,1H3. The van der Waals surface area contributed by atoms with Gasteiger partial charge in [-0.15, -0.1) is 11.3 Å². The van der Waals surface area contributed by atoms with E-state index in [9.17, 15) is 0 Å². The molecule has 0 saturated carbocycles. The van der Waals surface area contributed by atoms with E-state index < -0.39 is 0 Å². The first-order valence-corrected chi connectivity index (χ1v) is 5.62. The van der Waals surface area contributed by atoms with Crippen LogP contribution in [0.4, 0.5) is 0 Å². The Morgan fingerprint density at radius 1 is 1.54 bits per heavy atom. The Labute approximate surface area is 88.7 Å². The summed E-state index contributed by atoms with van der Waals surface area (Å²) in [6.45, 7) is 2.05. The Balaban J connectivity index is 2.35. The average molecular weight is 258 g/mol. The van der Waals surface area contributed by atoms with Crippen molar-refractivity contribution >= 4 is 27.3 Å². The molecule has 0 aromatic carbocycles. The van der Waals surface area contributed by atoms with E-state index in [0.717, 1.165) is 26.5 Å². The topological polar surface area (TPSA) is 26.0 Å². The van der Waals surface area contributed by atoms with Gasteiger partial charge in [0.05, 0.1) is 8.66 Å². The minimum Gasteiger partial charge on any atom is -0.361 e. The highest BCUT2D eigenvalue weighted by molar-refractivity contribution is 9.11. The van der Waals surface area contributed by atoms with Gasteiger partial charge < -0.3 is 4.52 Å². The van der Waals surface area contributed by atoms with Crippen LogP contribution in [-0.4, -0.2) is 5.16 Å². The zero-order valence-electron chi connectivity index (χ0n) is 7.08. The van der Waals surface area contributed by atoms with E-state index in [1.165, 1.54) is 0 Å². The predicted molar refractivity (Wildman–Crippen MR) is 56.9 cm³/mol. The molecule has 2 heterocycles. The highest BCUT2D eigenvalue weighted by Crippen LogP contribution is 2.30. The second-order valence-electron chi connectivity index (χ2n) is 2.64. The van der Waals surface area contributed by atoms with E-state index >= 15 is 0 Å². The van der Waals surface area contributed by atoms with Gasteiger partial charge in [0.1, 0.15) is 11.5 Å². The number of hydrogen-bond donors (Lipinski definition) is 0. The number of aromatic nitrogens is 1. The first kappa shape index (κ1) is 8.97. The molecule has 0 bridgehead atoms. The summed E-state index contributed by atoms with van der Waals surface area (Å²) in [4.78, 5) is 1.13. The molecule has 2 aromatic rings. The van der Waals surface area contributed by atoms with Gasteiger partial charge in [0, 0.05) is 12.5 Å². The molecule has 0 radical (unpaired) electrons. The zero-order chi connectivity index (χ0) is 9.26. The van der Waals surface area contributed by atoms with Gasteiger partial charge in [0.15, 0.2) is 0 Å². The number of thiophene rings is 1. The molecule has 0 unspecified atom stereocenters. The van der Waals surface area contributed by atoms with Crippen LogP contribution in [0, 0.1) is 0 Å². The molecular weight excluding hydrogens is 250 g/mol. The molecule has 4 heteroatoms. The maximum Gasteiger partial charge on any atom is 0.137 e. The number of nitrogens with zero attached hydrogens (tertiary/aromatic N) is 1. The monoisotopic (exact) mass is 257 g/mol. The second kappa shape index (κ2) is 3.64. The lowest BCUT2D eigenvalue weighted by Crippen LogP contribution is -1.68. The van der Waals surface area contributed by atoms with Crippen molar-refractivity contribution in [3.63, 3.8) is 0 Å². The van der Waals surface area contributed by atoms with Crippen LogP contribution in [0.15, 0.2) is 26.5 Å². The Kier molecular flexibility index (Phi) is 2.51. The minimum absolute atomic E-state index is 0.888. The van der Waals surface area contributed by atoms with Gasteiger partial charge in [0.2, 0.25) is 0 Å². The molecule has 0 aliphatic rings. The Morgan fingerprint density at radius 3 is 2.92 bits per heavy atom. The molecule has 0 spiro atoms. The van der Waals surface area contributed by atoms with Crippen molar-refractivity contribution in [1.29, 1.82) is 0 Å². The van der Waals surface area contributed by atoms with Gasteiger partial charge in [-0.25, -0.2) is 0 Å². The average Bonchev–Trinajstić information content (AvgIpc) is 2.71. The fourth-order valence-corrected chi connectivity index (χ4v) is 2.39. The van der Waals surface area contributed by atoms with Crippen molar-refractivity contribution in [3.8, 4) is 10.6 Å². The smallest absolute Gasteiger partial charge is 0.137 e. The largest absolute Gasteiger partial charge is 0.361 e. The van der Waals surface area contributed by atoms with Gasteiger partial charge >= 0.3 is 0 Å². The summed E-state index contributed by atoms with van der Waals surface area (Å²) in [7, 11) is 0. The lowest BCUT2D eigenvalue weighted by atomic mass is 10.3. The molecule has 2 rings (SSSR count). The number of rotatable bonds is 2. The van der Waals surface area contributed by atoms with Crippen LogP contribution in [-0.2, 0) is 6.42 Å². The summed E-state index contributed by atoms with van der Waals surface area (Å²) in [6, 6.07) is 6.03. The SMILES string of the molecule is CCc1cc(-c2ccc(Br)s2)no1. The molecule has 0 amide bonds. The lowest BCUT2D eigenvalue weighted by Gasteiger charge is -1.83. The van der Waals surface area contributed by atoms with Crippen molar-refractivity contribution in [3.05, 3.63) is 27.7 Å². The third-order valence-corrected chi connectivity index (χ3v) is 3.38. The molecule has 2 nitrogen and oxygen atoms in total. The summed E-state index contributed by atoms with van der Waals surface area (Å²) < 4.78 is 6.23. The van der Waals surface area contributed by atoms with Crippen molar-refractivity contribution in [1.82, 2.24) is 5.16 Å². The third kappa shape index (κ3) is 1.84. The van der Waals surface area contributed by atoms with E-state index in [1.54, 1.807) is 11.3 Å². The molecule has 0 aliphatic heterocycles. The maximum absolute atomic E-state index is 5.12. The zero-order valence-corrected chi connectivity index (χ0v) is 9.48. The Bertz CT molecular complexity index is 407. The summed E-state index contributed by atoms with van der Waals surface area (Å²) in [5.74, 6) is 0.930. The fraction of sp³-hybridized carbons (Fsp3) is 0.222. The third-order valence-electron chi connectivity index (χ3n) is 1.73. The van der Waals surface area contributed by atoms with E-state index in [1.807, 2.05) is 18.2 Å². The van der Waals surface area contributed by atoms with E-state index in [4.69, 9.17) is 4.52 Å². The quantitative estimate of drug-likeness (QED) is 0.820. The van der Waals surface area contributed by atoms with E-state index in [0.29, 0.717) is 0 Å². The first-order chi connectivity index (χ1) is 6.29. The van der Waals surface area contributed by atoms with Gasteiger partial charge in [-0.3, -0.25) is 0 Å². The summed E-state index contributed by atoms with van der Waals surface area (Å²) in [6.07, 6.45) is 0.888. The van der Waals surface area contributed by atoms with E-state index in [-0.39, 0.29) is 0 Å². The highest BCUT2D eigenvalue weighted by atomic mass is 79.9. The maximum atomic E-state index is 5.12. The summed E-state index contributed by atoms with van der Waals surface area (Å²) in [5.41, 5.74) is 0.924. The second-order valence-corrected chi connectivity index (χ2v) is 5.10. The predicted octanol–water partition coefficient (Wildman–Crippen LogP) is 3.73. The number of halogens is 1. The molecule has 2 aromatic heterocycles. The number of hydrogen-bond acceptors (Lipinski definition) is 3. The number of aryl methyl sites for hydroxylation is 1. The van der Waals surface area contributed by atoms with Gasteiger partial charge in [-0.2, -0.15) is 0 Å². The Hall–Kier alpha value is -0.610. The van der Waals surface area contributed by atoms with Crippen LogP contribution >= 0.6 is 27.3 Å². The van der Waals surface area contributed by atoms with Gasteiger partial charge in [0.25, 0.3) is 0 Å². The Morgan fingerprint density at radius 2 is 2.38 bits per heavy atom. The molecule has 0 fully saturated rings.